The Labute approximate surface area is 94.4 Å². The number of hydrogen-bond donors (Lipinski definition) is 1. The van der Waals surface area contributed by atoms with Crippen LogP contribution in [0.5, 0.6) is 0 Å². The van der Waals surface area contributed by atoms with E-state index in [0.29, 0.717) is 11.4 Å². The van der Waals surface area contributed by atoms with Crippen LogP contribution in [-0.2, 0) is 0 Å². The molecule has 0 aromatic carbocycles. The zero-order valence-corrected chi connectivity index (χ0v) is 8.94. The lowest BCUT2D eigenvalue weighted by Crippen LogP contribution is -1.98. The van der Waals surface area contributed by atoms with Crippen LogP contribution in [0.25, 0.3) is 11.1 Å². The number of aryl methyl sites for hydroxylation is 1. The van der Waals surface area contributed by atoms with Crippen molar-refractivity contribution < 1.29 is 0 Å². The Morgan fingerprint density at radius 3 is 2.62 bits per heavy atom. The summed E-state index contributed by atoms with van der Waals surface area (Å²) in [6, 6.07) is 5.72. The molecule has 2 heterocycles. The van der Waals surface area contributed by atoms with E-state index in [1.54, 1.807) is 12.4 Å². The lowest BCUT2D eigenvalue weighted by atomic mass is 10.0. The van der Waals surface area contributed by atoms with Gasteiger partial charge in [-0.25, -0.2) is 4.98 Å². The molecule has 0 fully saturated rings. The normalized spacial score (nSPS) is 9.75. The van der Waals surface area contributed by atoms with E-state index in [0.717, 1.165) is 16.8 Å². The standard InChI is InChI=1S/C13H11N3/c1-3-10-8-12(9(2)16-13(10)14)11-4-6-15-7-5-11/h1,4-8H,2H3,(H2,14,16). The van der Waals surface area contributed by atoms with Gasteiger partial charge in [-0.1, -0.05) is 5.92 Å². The average Bonchev–Trinajstić information content (AvgIpc) is 2.30. The van der Waals surface area contributed by atoms with Crippen LogP contribution in [0.2, 0.25) is 0 Å². The number of nitrogen functional groups attached to an aromatic ring is 1. The van der Waals surface area contributed by atoms with E-state index >= 15 is 0 Å². The van der Waals surface area contributed by atoms with Crippen LogP contribution in [0, 0.1) is 19.3 Å². The zero-order chi connectivity index (χ0) is 11.5. The summed E-state index contributed by atoms with van der Waals surface area (Å²) >= 11 is 0. The molecule has 3 nitrogen and oxygen atoms in total. The second-order valence-electron chi connectivity index (χ2n) is 3.43. The van der Waals surface area contributed by atoms with Gasteiger partial charge in [0.2, 0.25) is 0 Å². The highest BCUT2D eigenvalue weighted by molar-refractivity contribution is 5.70. The van der Waals surface area contributed by atoms with E-state index in [9.17, 15) is 0 Å². The maximum Gasteiger partial charge on any atom is 0.139 e. The van der Waals surface area contributed by atoms with Crippen LogP contribution < -0.4 is 5.73 Å². The summed E-state index contributed by atoms with van der Waals surface area (Å²) in [5, 5.41) is 0. The second-order valence-corrected chi connectivity index (χ2v) is 3.43. The molecule has 16 heavy (non-hydrogen) atoms. The van der Waals surface area contributed by atoms with Gasteiger partial charge in [0.25, 0.3) is 0 Å². The number of anilines is 1. The molecule has 0 atom stereocenters. The maximum atomic E-state index is 5.71. The topological polar surface area (TPSA) is 51.8 Å². The molecule has 2 rings (SSSR count). The minimum absolute atomic E-state index is 0.401. The van der Waals surface area contributed by atoms with Gasteiger partial charge < -0.3 is 5.73 Å². The Hall–Kier alpha value is -2.34. The van der Waals surface area contributed by atoms with Gasteiger partial charge in [-0.05, 0) is 30.7 Å². The molecule has 0 aliphatic heterocycles. The summed E-state index contributed by atoms with van der Waals surface area (Å²) in [7, 11) is 0. The molecule has 0 unspecified atom stereocenters. The molecule has 0 aliphatic carbocycles. The molecule has 0 aliphatic rings. The Balaban J connectivity index is 2.63. The van der Waals surface area contributed by atoms with E-state index in [-0.39, 0.29) is 0 Å². The summed E-state index contributed by atoms with van der Waals surface area (Å²) in [5.74, 6) is 2.93. The molecule has 2 aromatic rings. The van der Waals surface area contributed by atoms with Gasteiger partial charge in [-0.3, -0.25) is 4.98 Å². The summed E-state index contributed by atoms with van der Waals surface area (Å²) in [4.78, 5) is 8.21. The van der Waals surface area contributed by atoms with E-state index in [1.807, 2.05) is 25.1 Å². The molecule has 2 N–H and O–H groups in total. The van der Waals surface area contributed by atoms with Crippen LogP contribution in [-0.4, -0.2) is 9.97 Å². The molecule has 0 spiro atoms. The molecule has 0 amide bonds. The number of rotatable bonds is 1. The number of hydrogen-bond acceptors (Lipinski definition) is 3. The lowest BCUT2D eigenvalue weighted by Gasteiger charge is -2.07. The van der Waals surface area contributed by atoms with Crippen molar-refractivity contribution in [1.29, 1.82) is 0 Å². The lowest BCUT2D eigenvalue weighted by molar-refractivity contribution is 1.20. The van der Waals surface area contributed by atoms with Gasteiger partial charge in [0, 0.05) is 23.7 Å². The number of aromatic nitrogens is 2. The molecule has 78 valence electrons. The monoisotopic (exact) mass is 209 g/mol. The molecular formula is C13H11N3. The van der Waals surface area contributed by atoms with Crippen LogP contribution in [0.1, 0.15) is 11.3 Å². The van der Waals surface area contributed by atoms with Gasteiger partial charge in [-0.15, -0.1) is 6.42 Å². The molecule has 0 radical (unpaired) electrons. The van der Waals surface area contributed by atoms with Crippen molar-refractivity contribution in [3.63, 3.8) is 0 Å². The van der Waals surface area contributed by atoms with E-state index < -0.39 is 0 Å². The summed E-state index contributed by atoms with van der Waals surface area (Å²) in [6.07, 6.45) is 8.84. The predicted molar refractivity (Wildman–Crippen MR) is 64.6 cm³/mol. The summed E-state index contributed by atoms with van der Waals surface area (Å²) in [6.45, 7) is 1.91. The third-order valence-corrected chi connectivity index (χ3v) is 2.39. The van der Waals surface area contributed by atoms with Crippen molar-refractivity contribution >= 4 is 5.82 Å². The molecule has 2 aromatic heterocycles. The Kier molecular flexibility index (Phi) is 2.57. The van der Waals surface area contributed by atoms with Gasteiger partial charge in [0.05, 0.1) is 5.56 Å². The van der Waals surface area contributed by atoms with Gasteiger partial charge in [-0.2, -0.15) is 0 Å². The quantitative estimate of drug-likeness (QED) is 0.731. The third kappa shape index (κ3) is 1.73. The highest BCUT2D eigenvalue weighted by Gasteiger charge is 2.06. The number of nitrogens with two attached hydrogens (primary N) is 1. The van der Waals surface area contributed by atoms with E-state index in [2.05, 4.69) is 15.9 Å². The summed E-state index contributed by atoms with van der Waals surface area (Å²) in [5.41, 5.74) is 9.23. The Morgan fingerprint density at radius 1 is 1.31 bits per heavy atom. The fourth-order valence-electron chi connectivity index (χ4n) is 1.56. The van der Waals surface area contributed by atoms with Crippen LogP contribution in [0.15, 0.2) is 30.6 Å². The third-order valence-electron chi connectivity index (χ3n) is 2.39. The minimum atomic E-state index is 0.401. The molecule has 3 heteroatoms. The van der Waals surface area contributed by atoms with Crippen molar-refractivity contribution in [3.05, 3.63) is 41.9 Å². The highest BCUT2D eigenvalue weighted by atomic mass is 14.8. The van der Waals surface area contributed by atoms with Crippen LogP contribution in [0.4, 0.5) is 5.82 Å². The number of nitrogens with zero attached hydrogens (tertiary/aromatic N) is 2. The minimum Gasteiger partial charge on any atom is -0.383 e. The first-order valence-electron chi connectivity index (χ1n) is 4.86. The maximum absolute atomic E-state index is 5.71. The van der Waals surface area contributed by atoms with Crippen LogP contribution in [0.3, 0.4) is 0 Å². The molecule has 0 bridgehead atoms. The van der Waals surface area contributed by atoms with Gasteiger partial charge in [0.15, 0.2) is 0 Å². The van der Waals surface area contributed by atoms with Crippen LogP contribution >= 0.6 is 0 Å². The van der Waals surface area contributed by atoms with Gasteiger partial charge in [0.1, 0.15) is 5.82 Å². The number of pyridine rings is 2. The Bertz CT molecular complexity index is 553. The van der Waals surface area contributed by atoms with E-state index in [4.69, 9.17) is 12.2 Å². The fraction of sp³-hybridized carbons (Fsp3) is 0.0769. The van der Waals surface area contributed by atoms with Crippen molar-refractivity contribution in [2.45, 2.75) is 6.92 Å². The first kappa shape index (κ1) is 10.2. The average molecular weight is 209 g/mol. The molecular weight excluding hydrogens is 198 g/mol. The molecule has 0 saturated carbocycles. The van der Waals surface area contributed by atoms with E-state index in [1.165, 1.54) is 0 Å². The smallest absolute Gasteiger partial charge is 0.139 e. The van der Waals surface area contributed by atoms with Crippen molar-refractivity contribution in [2.75, 3.05) is 5.73 Å². The largest absolute Gasteiger partial charge is 0.383 e. The predicted octanol–water partition coefficient (Wildman–Crippen LogP) is 2.02. The van der Waals surface area contributed by atoms with Crippen molar-refractivity contribution in [2.24, 2.45) is 0 Å². The SMILES string of the molecule is C#Cc1cc(-c2ccncc2)c(C)nc1N. The number of terminal acetylenes is 1. The van der Waals surface area contributed by atoms with Gasteiger partial charge >= 0.3 is 0 Å². The van der Waals surface area contributed by atoms with Crippen molar-refractivity contribution in [1.82, 2.24) is 9.97 Å². The van der Waals surface area contributed by atoms with Crippen molar-refractivity contribution in [3.8, 4) is 23.5 Å². The Morgan fingerprint density at radius 2 is 2.00 bits per heavy atom. The zero-order valence-electron chi connectivity index (χ0n) is 8.94. The summed E-state index contributed by atoms with van der Waals surface area (Å²) < 4.78 is 0. The highest BCUT2D eigenvalue weighted by Crippen LogP contribution is 2.24. The fourth-order valence-corrected chi connectivity index (χ4v) is 1.56. The first-order chi connectivity index (χ1) is 7.72. The molecule has 0 saturated heterocycles. The second kappa shape index (κ2) is 4.03. The first-order valence-corrected chi connectivity index (χ1v) is 4.86.